The van der Waals surface area contributed by atoms with E-state index < -0.39 is 18.3 Å². The van der Waals surface area contributed by atoms with Crippen molar-refractivity contribution >= 4 is 0 Å². The maximum absolute atomic E-state index is 10.5. The Morgan fingerprint density at radius 3 is 2.17 bits per heavy atom. The number of hydrogen-bond acceptors (Lipinski definition) is 6. The Kier molecular flexibility index (Phi) is 4.51. The van der Waals surface area contributed by atoms with E-state index in [1.807, 2.05) is 0 Å². The van der Waals surface area contributed by atoms with Gasteiger partial charge in [-0.15, -0.1) is 0 Å². The van der Waals surface area contributed by atoms with Crippen molar-refractivity contribution in [1.29, 1.82) is 0 Å². The number of hydrogen-bond donors (Lipinski definition) is 2. The predicted molar refractivity (Wildman–Crippen MR) is 86.9 cm³/mol. The van der Waals surface area contributed by atoms with Crippen LogP contribution in [0.25, 0.3) is 0 Å². The third-order valence-electron chi connectivity index (χ3n) is 4.17. The Morgan fingerprint density at radius 2 is 1.58 bits per heavy atom. The van der Waals surface area contributed by atoms with Crippen molar-refractivity contribution in [1.82, 2.24) is 0 Å². The zero-order chi connectivity index (χ0) is 17.3. The maximum Gasteiger partial charge on any atom is 0.203 e. The van der Waals surface area contributed by atoms with E-state index in [4.69, 9.17) is 18.9 Å². The molecule has 3 rings (SSSR count). The molecule has 3 atom stereocenters. The third-order valence-corrected chi connectivity index (χ3v) is 4.17. The Labute approximate surface area is 140 Å². The molecule has 0 saturated carbocycles. The molecule has 2 aromatic rings. The summed E-state index contributed by atoms with van der Waals surface area (Å²) in [6, 6.07) is 10.5. The first-order chi connectivity index (χ1) is 11.6. The van der Waals surface area contributed by atoms with Gasteiger partial charge in [-0.1, -0.05) is 12.1 Å². The van der Waals surface area contributed by atoms with E-state index in [0.717, 1.165) is 5.56 Å². The van der Waals surface area contributed by atoms with Gasteiger partial charge in [0.2, 0.25) is 5.75 Å². The van der Waals surface area contributed by atoms with Crippen LogP contribution < -0.4 is 18.9 Å². The van der Waals surface area contributed by atoms with Gasteiger partial charge in [0.15, 0.2) is 17.6 Å². The molecule has 0 saturated heterocycles. The number of fused-ring (bicyclic) bond motifs is 1. The van der Waals surface area contributed by atoms with Gasteiger partial charge in [-0.2, -0.15) is 0 Å². The van der Waals surface area contributed by atoms with Crippen molar-refractivity contribution in [3.05, 3.63) is 47.5 Å². The number of methoxy groups -OCH3 is 3. The van der Waals surface area contributed by atoms with Crippen LogP contribution in [0.1, 0.15) is 23.3 Å². The van der Waals surface area contributed by atoms with E-state index in [2.05, 4.69) is 0 Å². The monoisotopic (exact) mass is 332 g/mol. The van der Waals surface area contributed by atoms with Gasteiger partial charge in [0.05, 0.1) is 21.3 Å². The minimum Gasteiger partial charge on any atom is -0.497 e. The average Bonchev–Trinajstić information content (AvgIpc) is 2.63. The van der Waals surface area contributed by atoms with Crippen LogP contribution in [0.5, 0.6) is 23.0 Å². The summed E-state index contributed by atoms with van der Waals surface area (Å²) in [7, 11) is 4.61. The molecule has 1 heterocycles. The molecule has 6 nitrogen and oxygen atoms in total. The Hall–Kier alpha value is -2.44. The first kappa shape index (κ1) is 16.4. The Morgan fingerprint density at radius 1 is 0.875 bits per heavy atom. The molecule has 2 aromatic carbocycles. The summed E-state index contributed by atoms with van der Waals surface area (Å²) in [6.45, 7) is 0. The molecule has 128 valence electrons. The lowest BCUT2D eigenvalue weighted by Gasteiger charge is -2.35. The molecule has 0 radical (unpaired) electrons. The van der Waals surface area contributed by atoms with Gasteiger partial charge < -0.3 is 29.2 Å². The summed E-state index contributed by atoms with van der Waals surface area (Å²) in [5, 5.41) is 21.0. The van der Waals surface area contributed by atoms with Crippen molar-refractivity contribution in [3.8, 4) is 23.0 Å². The van der Waals surface area contributed by atoms with Gasteiger partial charge >= 0.3 is 0 Å². The molecular formula is C18H20O6. The lowest BCUT2D eigenvalue weighted by Crippen LogP contribution is -2.34. The van der Waals surface area contributed by atoms with Gasteiger partial charge in [-0.25, -0.2) is 0 Å². The smallest absolute Gasteiger partial charge is 0.203 e. The Balaban J connectivity index is 2.04. The minimum absolute atomic E-state index is 0.371. The number of rotatable bonds is 4. The average molecular weight is 332 g/mol. The maximum atomic E-state index is 10.5. The highest BCUT2D eigenvalue weighted by Crippen LogP contribution is 2.49. The lowest BCUT2D eigenvalue weighted by atomic mass is 9.92. The van der Waals surface area contributed by atoms with Gasteiger partial charge in [0.1, 0.15) is 18.0 Å². The fourth-order valence-electron chi connectivity index (χ4n) is 2.87. The SMILES string of the molecule is COc1ccc(C2Oc3c(ccc(OC)c3OC)C(O)C2O)cc1. The van der Waals surface area contributed by atoms with Crippen LogP contribution in [-0.2, 0) is 0 Å². The van der Waals surface area contributed by atoms with Gasteiger partial charge in [-0.3, -0.25) is 0 Å². The highest BCUT2D eigenvalue weighted by atomic mass is 16.5. The van der Waals surface area contributed by atoms with E-state index in [1.165, 1.54) is 14.2 Å². The largest absolute Gasteiger partial charge is 0.497 e. The summed E-state index contributed by atoms with van der Waals surface area (Å²) >= 11 is 0. The van der Waals surface area contributed by atoms with Gasteiger partial charge in [-0.05, 0) is 29.8 Å². The number of ether oxygens (including phenoxy) is 4. The van der Waals surface area contributed by atoms with Crippen LogP contribution in [0.4, 0.5) is 0 Å². The molecule has 24 heavy (non-hydrogen) atoms. The van der Waals surface area contributed by atoms with Crippen molar-refractivity contribution in [2.45, 2.75) is 18.3 Å². The molecule has 0 aliphatic carbocycles. The topological polar surface area (TPSA) is 77.4 Å². The van der Waals surface area contributed by atoms with Crippen molar-refractivity contribution in [2.75, 3.05) is 21.3 Å². The van der Waals surface area contributed by atoms with E-state index in [0.29, 0.717) is 28.6 Å². The van der Waals surface area contributed by atoms with Crippen LogP contribution in [0.2, 0.25) is 0 Å². The number of aliphatic hydroxyl groups excluding tert-OH is 2. The fraction of sp³-hybridized carbons (Fsp3) is 0.333. The van der Waals surface area contributed by atoms with Crippen molar-refractivity contribution in [3.63, 3.8) is 0 Å². The molecule has 1 aliphatic rings. The molecule has 0 spiro atoms. The first-order valence-corrected chi connectivity index (χ1v) is 7.52. The Bertz CT molecular complexity index is 712. The van der Waals surface area contributed by atoms with Gasteiger partial charge in [0, 0.05) is 5.56 Å². The fourth-order valence-corrected chi connectivity index (χ4v) is 2.87. The normalized spacial score (nSPS) is 22.3. The second-order valence-electron chi connectivity index (χ2n) is 5.47. The molecule has 3 unspecified atom stereocenters. The summed E-state index contributed by atoms with van der Waals surface area (Å²) in [6.07, 6.45) is -2.94. The lowest BCUT2D eigenvalue weighted by molar-refractivity contribution is -0.0710. The van der Waals surface area contributed by atoms with Crippen LogP contribution in [-0.4, -0.2) is 37.6 Å². The van der Waals surface area contributed by atoms with E-state index >= 15 is 0 Å². The van der Waals surface area contributed by atoms with E-state index in [9.17, 15) is 10.2 Å². The highest BCUT2D eigenvalue weighted by Gasteiger charge is 2.39. The summed E-state index contributed by atoms with van der Waals surface area (Å²) < 4.78 is 21.8. The molecule has 6 heteroatoms. The zero-order valence-corrected chi connectivity index (χ0v) is 13.7. The third kappa shape index (κ3) is 2.64. The summed E-state index contributed by atoms with van der Waals surface area (Å²) in [4.78, 5) is 0. The molecule has 0 fully saturated rings. The summed E-state index contributed by atoms with van der Waals surface area (Å²) in [5.41, 5.74) is 1.18. The van der Waals surface area contributed by atoms with Gasteiger partial charge in [0.25, 0.3) is 0 Å². The first-order valence-electron chi connectivity index (χ1n) is 7.52. The van der Waals surface area contributed by atoms with Crippen LogP contribution in [0.15, 0.2) is 36.4 Å². The predicted octanol–water partition coefficient (Wildman–Crippen LogP) is 2.24. The van der Waals surface area contributed by atoms with Crippen molar-refractivity contribution < 1.29 is 29.2 Å². The standard InChI is InChI=1S/C18H20O6/c1-21-11-6-4-10(5-7-11)16-15(20)14(19)12-8-9-13(22-2)18(23-3)17(12)24-16/h4-9,14-16,19-20H,1-3H3. The molecular weight excluding hydrogens is 312 g/mol. The minimum atomic E-state index is -1.11. The molecule has 2 N–H and O–H groups in total. The van der Waals surface area contributed by atoms with E-state index in [-0.39, 0.29) is 0 Å². The molecule has 0 amide bonds. The zero-order valence-electron chi connectivity index (χ0n) is 13.7. The van der Waals surface area contributed by atoms with Crippen LogP contribution in [0, 0.1) is 0 Å². The highest BCUT2D eigenvalue weighted by molar-refractivity contribution is 5.58. The van der Waals surface area contributed by atoms with Crippen LogP contribution >= 0.6 is 0 Å². The molecule has 0 bridgehead atoms. The summed E-state index contributed by atoms with van der Waals surface area (Å²) in [5.74, 6) is 1.95. The number of benzene rings is 2. The molecule has 1 aliphatic heterocycles. The van der Waals surface area contributed by atoms with Crippen LogP contribution in [0.3, 0.4) is 0 Å². The number of aliphatic hydroxyl groups is 2. The molecule has 0 aromatic heterocycles. The quantitative estimate of drug-likeness (QED) is 0.894. The van der Waals surface area contributed by atoms with E-state index in [1.54, 1.807) is 43.5 Å². The van der Waals surface area contributed by atoms with Crippen molar-refractivity contribution in [2.24, 2.45) is 0 Å². The second kappa shape index (κ2) is 6.59. The second-order valence-corrected chi connectivity index (χ2v) is 5.47.